The van der Waals surface area contributed by atoms with Crippen molar-refractivity contribution in [1.29, 1.82) is 0 Å². The van der Waals surface area contributed by atoms with Gasteiger partial charge >= 0.3 is 5.97 Å². The number of nitrogens with two attached hydrogens (primary N) is 1. The van der Waals surface area contributed by atoms with Crippen LogP contribution in [-0.4, -0.2) is 16.2 Å². The monoisotopic (exact) mass is 241 g/mol. The van der Waals surface area contributed by atoms with Gasteiger partial charge in [-0.3, -0.25) is 4.79 Å². The molecular weight excluding hydrogens is 225 g/mol. The predicted octanol–water partition coefficient (Wildman–Crippen LogP) is 2.29. The number of phenols is 1. The van der Waals surface area contributed by atoms with E-state index in [4.69, 9.17) is 10.8 Å². The number of halogens is 1. The molecule has 2 atom stereocenters. The van der Waals surface area contributed by atoms with Gasteiger partial charge in [-0.2, -0.15) is 0 Å². The summed E-state index contributed by atoms with van der Waals surface area (Å²) in [5.41, 5.74) is 6.57. The van der Waals surface area contributed by atoms with Crippen LogP contribution >= 0.6 is 0 Å². The molecule has 4 nitrogen and oxygen atoms in total. The van der Waals surface area contributed by atoms with Crippen LogP contribution in [0.3, 0.4) is 0 Å². The molecule has 0 saturated heterocycles. The number of hydrogen-bond donors (Lipinski definition) is 3. The Morgan fingerprint density at radius 1 is 1.53 bits per heavy atom. The summed E-state index contributed by atoms with van der Waals surface area (Å²) in [5.74, 6) is -0.984. The van der Waals surface area contributed by atoms with Crippen LogP contribution in [-0.2, 0) is 4.79 Å². The number of benzene rings is 1. The van der Waals surface area contributed by atoms with Crippen LogP contribution in [0.2, 0.25) is 0 Å². The fraction of sp³-hybridized carbons (Fsp3) is 0.417. The van der Waals surface area contributed by atoms with Crippen molar-refractivity contribution in [3.05, 3.63) is 29.3 Å². The molecule has 2 unspecified atom stereocenters. The first kappa shape index (κ1) is 13.4. The highest BCUT2D eigenvalue weighted by molar-refractivity contribution is 5.66. The lowest BCUT2D eigenvalue weighted by Gasteiger charge is -2.14. The van der Waals surface area contributed by atoms with Crippen LogP contribution in [0, 0.1) is 0 Å². The van der Waals surface area contributed by atoms with Crippen molar-refractivity contribution in [3.63, 3.8) is 0 Å². The van der Waals surface area contributed by atoms with Crippen LogP contribution in [0.1, 0.15) is 43.1 Å². The van der Waals surface area contributed by atoms with Gasteiger partial charge in [0.1, 0.15) is 11.9 Å². The van der Waals surface area contributed by atoms with Gasteiger partial charge < -0.3 is 15.9 Å². The number of carboxylic acid groups (broad SMARTS) is 1. The molecule has 0 aliphatic rings. The molecule has 0 spiro atoms. The Morgan fingerprint density at radius 3 is 2.71 bits per heavy atom. The molecule has 0 amide bonds. The van der Waals surface area contributed by atoms with Crippen molar-refractivity contribution in [3.8, 4) is 5.75 Å². The first-order valence-electron chi connectivity index (χ1n) is 5.36. The Labute approximate surface area is 98.9 Å². The first-order chi connectivity index (χ1) is 7.91. The summed E-state index contributed by atoms with van der Waals surface area (Å²) >= 11 is 0. The minimum Gasteiger partial charge on any atom is -0.508 e. The molecule has 4 N–H and O–H groups in total. The fourth-order valence-corrected chi connectivity index (χ4v) is 1.55. The smallest absolute Gasteiger partial charge is 0.303 e. The number of aliphatic carboxylic acids is 1. The number of rotatable bonds is 5. The molecule has 0 bridgehead atoms. The zero-order valence-corrected chi connectivity index (χ0v) is 9.56. The summed E-state index contributed by atoms with van der Waals surface area (Å²) in [6.45, 7) is 1.39. The van der Waals surface area contributed by atoms with Gasteiger partial charge in [-0.15, -0.1) is 0 Å². The normalized spacial score (nSPS) is 14.3. The van der Waals surface area contributed by atoms with E-state index in [1.165, 1.54) is 25.1 Å². The van der Waals surface area contributed by atoms with Gasteiger partial charge in [0, 0.05) is 18.0 Å². The Balaban J connectivity index is 2.87. The number of hydrogen-bond acceptors (Lipinski definition) is 3. The summed E-state index contributed by atoms with van der Waals surface area (Å²) in [7, 11) is 0. The molecule has 0 radical (unpaired) electrons. The zero-order valence-electron chi connectivity index (χ0n) is 9.56. The van der Waals surface area contributed by atoms with Crippen LogP contribution in [0.4, 0.5) is 4.39 Å². The number of phenolic OH excluding ortho intramolecular Hbond substituents is 1. The largest absolute Gasteiger partial charge is 0.508 e. The van der Waals surface area contributed by atoms with Crippen molar-refractivity contribution < 1.29 is 19.4 Å². The van der Waals surface area contributed by atoms with Gasteiger partial charge in [0.25, 0.3) is 0 Å². The summed E-state index contributed by atoms with van der Waals surface area (Å²) in [4.78, 5) is 10.4. The van der Waals surface area contributed by atoms with E-state index in [1.807, 2.05) is 0 Å². The lowest BCUT2D eigenvalue weighted by Crippen LogP contribution is -2.13. The van der Waals surface area contributed by atoms with Crippen LogP contribution in [0.25, 0.3) is 0 Å². The van der Waals surface area contributed by atoms with Gasteiger partial charge in [0.2, 0.25) is 0 Å². The molecule has 0 fully saturated rings. The Morgan fingerprint density at radius 2 is 2.18 bits per heavy atom. The van der Waals surface area contributed by atoms with E-state index in [9.17, 15) is 14.3 Å². The highest BCUT2D eigenvalue weighted by Crippen LogP contribution is 2.29. The second kappa shape index (κ2) is 5.63. The fourth-order valence-electron chi connectivity index (χ4n) is 1.55. The standard InChI is InChI=1S/C12H16FNO3/c1-7(13)8-2-4-11(15)9(6-8)10(14)3-5-12(16)17/h2,4,6-7,10,15H,3,5,14H2,1H3,(H,16,17). The summed E-state index contributed by atoms with van der Waals surface area (Å²) in [6, 6.07) is 3.73. The topological polar surface area (TPSA) is 83.5 Å². The predicted molar refractivity (Wildman–Crippen MR) is 61.4 cm³/mol. The van der Waals surface area contributed by atoms with Crippen molar-refractivity contribution in [2.75, 3.05) is 0 Å². The van der Waals surface area contributed by atoms with Crippen molar-refractivity contribution in [1.82, 2.24) is 0 Å². The average molecular weight is 241 g/mol. The SMILES string of the molecule is CC(F)c1ccc(O)c(C(N)CCC(=O)O)c1. The van der Waals surface area contributed by atoms with E-state index in [2.05, 4.69) is 0 Å². The molecule has 0 aliphatic carbocycles. The van der Waals surface area contributed by atoms with Crippen molar-refractivity contribution in [2.24, 2.45) is 5.73 Å². The molecule has 0 aliphatic heterocycles. The van der Waals surface area contributed by atoms with Gasteiger partial charge in [-0.05, 0) is 31.0 Å². The van der Waals surface area contributed by atoms with Crippen molar-refractivity contribution in [2.45, 2.75) is 32.0 Å². The highest BCUT2D eigenvalue weighted by Gasteiger charge is 2.14. The number of aromatic hydroxyl groups is 1. The minimum absolute atomic E-state index is 0.0349. The van der Waals surface area contributed by atoms with E-state index < -0.39 is 18.2 Å². The Hall–Kier alpha value is -1.62. The quantitative estimate of drug-likeness (QED) is 0.738. The Bertz CT molecular complexity index is 407. The average Bonchev–Trinajstić information content (AvgIpc) is 2.26. The second-order valence-electron chi connectivity index (χ2n) is 3.97. The molecule has 17 heavy (non-hydrogen) atoms. The molecule has 94 valence electrons. The number of carbonyl (C=O) groups is 1. The van der Waals surface area contributed by atoms with E-state index in [0.29, 0.717) is 11.1 Å². The molecule has 0 saturated carbocycles. The molecule has 1 rings (SSSR count). The molecule has 5 heteroatoms. The third-order valence-electron chi connectivity index (χ3n) is 2.58. The maximum atomic E-state index is 13.1. The van der Waals surface area contributed by atoms with Gasteiger partial charge in [-0.25, -0.2) is 4.39 Å². The molecular formula is C12H16FNO3. The third kappa shape index (κ3) is 3.71. The molecule has 0 heterocycles. The summed E-state index contributed by atoms with van der Waals surface area (Å²) in [6.07, 6.45) is -1.04. The zero-order chi connectivity index (χ0) is 13.0. The second-order valence-corrected chi connectivity index (χ2v) is 3.97. The molecule has 1 aromatic carbocycles. The van der Waals surface area contributed by atoms with Crippen LogP contribution in [0.5, 0.6) is 5.75 Å². The number of carboxylic acids is 1. The van der Waals surface area contributed by atoms with Gasteiger partial charge in [-0.1, -0.05) is 6.07 Å². The first-order valence-corrected chi connectivity index (χ1v) is 5.36. The Kier molecular flexibility index (Phi) is 4.45. The highest BCUT2D eigenvalue weighted by atomic mass is 19.1. The van der Waals surface area contributed by atoms with Crippen LogP contribution in [0.15, 0.2) is 18.2 Å². The minimum atomic E-state index is -1.15. The van der Waals surface area contributed by atoms with Gasteiger partial charge in [0.15, 0.2) is 0 Å². The van der Waals surface area contributed by atoms with Gasteiger partial charge in [0.05, 0.1) is 0 Å². The lowest BCUT2D eigenvalue weighted by atomic mass is 9.98. The van der Waals surface area contributed by atoms with E-state index >= 15 is 0 Å². The van der Waals surface area contributed by atoms with E-state index in [-0.39, 0.29) is 18.6 Å². The maximum absolute atomic E-state index is 13.1. The van der Waals surface area contributed by atoms with E-state index in [0.717, 1.165) is 0 Å². The summed E-state index contributed by atoms with van der Waals surface area (Å²) < 4.78 is 13.1. The summed E-state index contributed by atoms with van der Waals surface area (Å²) in [5, 5.41) is 18.1. The maximum Gasteiger partial charge on any atom is 0.303 e. The van der Waals surface area contributed by atoms with Crippen LogP contribution < -0.4 is 5.73 Å². The lowest BCUT2D eigenvalue weighted by molar-refractivity contribution is -0.137. The third-order valence-corrected chi connectivity index (χ3v) is 2.58. The molecule has 1 aromatic rings. The van der Waals surface area contributed by atoms with Crippen molar-refractivity contribution >= 4 is 5.97 Å². The van der Waals surface area contributed by atoms with E-state index in [1.54, 1.807) is 0 Å². The number of alkyl halides is 1. The molecule has 0 aromatic heterocycles.